The molecule has 10 heteroatoms. The van der Waals surface area contributed by atoms with E-state index < -0.39 is 16.1 Å². The fourth-order valence-electron chi connectivity index (χ4n) is 4.63. The molecule has 0 spiro atoms. The maximum atomic E-state index is 13.3. The third kappa shape index (κ3) is 7.96. The number of sulfonamides is 1. The van der Waals surface area contributed by atoms with E-state index in [1.807, 2.05) is 44.4 Å². The number of ether oxygens (including phenoxy) is 1. The first-order chi connectivity index (χ1) is 18.6. The molecular weight excluding hydrogens is 557 g/mol. The van der Waals surface area contributed by atoms with E-state index in [1.165, 1.54) is 18.2 Å². The molecule has 2 N–H and O–H groups in total. The predicted molar refractivity (Wildman–Crippen MR) is 155 cm³/mol. The zero-order valence-electron chi connectivity index (χ0n) is 22.0. The summed E-state index contributed by atoms with van der Waals surface area (Å²) in [7, 11) is 0.0259. The topological polar surface area (TPSA) is 87.7 Å². The van der Waals surface area contributed by atoms with Gasteiger partial charge in [0.25, 0.3) is 0 Å². The Kier molecular flexibility index (Phi) is 9.91. The Hall–Kier alpha value is -2.62. The molecule has 1 amide bonds. The minimum absolute atomic E-state index is 0.0250. The number of carbonyl (C=O) groups excluding carboxylic acids is 1. The molecule has 0 saturated heterocycles. The summed E-state index contributed by atoms with van der Waals surface area (Å²) in [5.41, 5.74) is 2.91. The number of carbonyl (C=O) groups is 1. The van der Waals surface area contributed by atoms with E-state index in [-0.39, 0.29) is 33.3 Å². The second-order valence-corrected chi connectivity index (χ2v) is 12.4. The molecule has 0 saturated carbocycles. The van der Waals surface area contributed by atoms with Gasteiger partial charge in [-0.05, 0) is 80.4 Å². The molecule has 2 atom stereocenters. The molecule has 0 bridgehead atoms. The number of nitrogens with one attached hydrogen (secondary N) is 2. The van der Waals surface area contributed by atoms with Gasteiger partial charge in [-0.2, -0.15) is 0 Å². The molecule has 3 aromatic carbocycles. The molecule has 0 heterocycles. The van der Waals surface area contributed by atoms with E-state index in [2.05, 4.69) is 21.0 Å². The van der Waals surface area contributed by atoms with Crippen molar-refractivity contribution < 1.29 is 17.9 Å². The summed E-state index contributed by atoms with van der Waals surface area (Å²) in [4.78, 5) is 15.3. The SMILES string of the molecule is CN(C)CCOc1ccc2c(c1)CCC[C@@H]2NC(=O)C[C@@H](NS(=O)(=O)c1ccc(Cl)c(Cl)c1)c1ccccc1. The number of rotatable bonds is 11. The van der Waals surface area contributed by atoms with Crippen LogP contribution in [0.4, 0.5) is 0 Å². The molecule has 208 valence electrons. The van der Waals surface area contributed by atoms with Crippen molar-refractivity contribution in [2.75, 3.05) is 27.2 Å². The first kappa shape index (κ1) is 29.4. The van der Waals surface area contributed by atoms with Gasteiger partial charge in [-0.15, -0.1) is 0 Å². The van der Waals surface area contributed by atoms with E-state index in [9.17, 15) is 13.2 Å². The van der Waals surface area contributed by atoms with Crippen molar-refractivity contribution in [3.63, 3.8) is 0 Å². The van der Waals surface area contributed by atoms with Crippen LogP contribution in [-0.4, -0.2) is 46.5 Å². The van der Waals surface area contributed by atoms with Crippen molar-refractivity contribution >= 4 is 39.1 Å². The van der Waals surface area contributed by atoms with E-state index >= 15 is 0 Å². The molecule has 1 aliphatic carbocycles. The average Bonchev–Trinajstić information content (AvgIpc) is 2.90. The highest BCUT2D eigenvalue weighted by Gasteiger charge is 2.27. The molecular formula is C29H33Cl2N3O4S. The number of hydrogen-bond donors (Lipinski definition) is 2. The van der Waals surface area contributed by atoms with E-state index in [1.54, 1.807) is 12.1 Å². The summed E-state index contributed by atoms with van der Waals surface area (Å²) in [6.45, 7) is 1.43. The minimum Gasteiger partial charge on any atom is -0.492 e. The third-order valence-corrected chi connectivity index (χ3v) is 8.87. The number of amides is 1. The van der Waals surface area contributed by atoms with Gasteiger partial charge in [-0.3, -0.25) is 4.79 Å². The number of halogens is 2. The second-order valence-electron chi connectivity index (χ2n) is 9.89. The molecule has 1 aliphatic rings. The van der Waals surface area contributed by atoms with Crippen molar-refractivity contribution in [1.82, 2.24) is 14.9 Å². The number of benzene rings is 3. The molecule has 39 heavy (non-hydrogen) atoms. The Morgan fingerprint density at radius 2 is 1.82 bits per heavy atom. The van der Waals surface area contributed by atoms with Crippen LogP contribution < -0.4 is 14.8 Å². The second kappa shape index (κ2) is 13.2. The molecule has 7 nitrogen and oxygen atoms in total. The van der Waals surface area contributed by atoms with E-state index in [0.29, 0.717) is 12.2 Å². The number of nitrogens with zero attached hydrogens (tertiary/aromatic N) is 1. The first-order valence-electron chi connectivity index (χ1n) is 12.8. The lowest BCUT2D eigenvalue weighted by atomic mass is 9.87. The fraction of sp³-hybridized carbons (Fsp3) is 0.345. The Morgan fingerprint density at radius 1 is 1.05 bits per heavy atom. The van der Waals surface area contributed by atoms with E-state index in [0.717, 1.165) is 42.7 Å². The van der Waals surface area contributed by atoms with Crippen LogP contribution in [0.25, 0.3) is 0 Å². The van der Waals surface area contributed by atoms with Crippen LogP contribution in [0.5, 0.6) is 5.75 Å². The lowest BCUT2D eigenvalue weighted by molar-refractivity contribution is -0.122. The predicted octanol–water partition coefficient (Wildman–Crippen LogP) is 5.54. The molecule has 0 radical (unpaired) electrons. The highest BCUT2D eigenvalue weighted by molar-refractivity contribution is 7.89. The van der Waals surface area contributed by atoms with Gasteiger partial charge in [0, 0.05) is 13.0 Å². The van der Waals surface area contributed by atoms with Crippen LogP contribution in [0.15, 0.2) is 71.6 Å². The Labute approximate surface area is 240 Å². The first-order valence-corrected chi connectivity index (χ1v) is 15.1. The smallest absolute Gasteiger partial charge is 0.241 e. The molecule has 0 unspecified atom stereocenters. The molecule has 3 aromatic rings. The highest BCUT2D eigenvalue weighted by atomic mass is 35.5. The maximum Gasteiger partial charge on any atom is 0.241 e. The largest absolute Gasteiger partial charge is 0.492 e. The Bertz CT molecular complexity index is 1400. The maximum absolute atomic E-state index is 13.3. The highest BCUT2D eigenvalue weighted by Crippen LogP contribution is 2.33. The van der Waals surface area contributed by atoms with E-state index in [4.69, 9.17) is 27.9 Å². The summed E-state index contributed by atoms with van der Waals surface area (Å²) in [5, 5.41) is 3.53. The summed E-state index contributed by atoms with van der Waals surface area (Å²) in [6.07, 6.45) is 2.60. The Morgan fingerprint density at radius 3 is 2.54 bits per heavy atom. The molecule has 4 rings (SSSR count). The van der Waals surface area contributed by atoms with Gasteiger partial charge >= 0.3 is 0 Å². The van der Waals surface area contributed by atoms with Crippen molar-refractivity contribution in [1.29, 1.82) is 0 Å². The summed E-state index contributed by atoms with van der Waals surface area (Å²) in [6, 6.07) is 18.2. The lowest BCUT2D eigenvalue weighted by Gasteiger charge is -2.28. The zero-order chi connectivity index (χ0) is 28.0. The van der Waals surface area contributed by atoms with Crippen molar-refractivity contribution in [2.45, 2.75) is 42.7 Å². The van der Waals surface area contributed by atoms with Crippen LogP contribution >= 0.6 is 23.2 Å². The average molecular weight is 591 g/mol. The summed E-state index contributed by atoms with van der Waals surface area (Å²) < 4.78 is 35.0. The zero-order valence-corrected chi connectivity index (χ0v) is 24.3. The lowest BCUT2D eigenvalue weighted by Crippen LogP contribution is -2.36. The van der Waals surface area contributed by atoms with Crippen molar-refractivity contribution in [3.05, 3.63) is 93.5 Å². The summed E-state index contributed by atoms with van der Waals surface area (Å²) in [5.74, 6) is 0.577. The molecule has 0 fully saturated rings. The minimum atomic E-state index is -3.98. The van der Waals surface area contributed by atoms with Gasteiger partial charge in [0.1, 0.15) is 12.4 Å². The van der Waals surface area contributed by atoms with Gasteiger partial charge in [0.15, 0.2) is 0 Å². The third-order valence-electron chi connectivity index (χ3n) is 6.66. The van der Waals surface area contributed by atoms with Crippen LogP contribution in [0.3, 0.4) is 0 Å². The van der Waals surface area contributed by atoms with Gasteiger partial charge in [-0.25, -0.2) is 13.1 Å². The van der Waals surface area contributed by atoms with Gasteiger partial charge in [0.05, 0.1) is 27.0 Å². The van der Waals surface area contributed by atoms with Gasteiger partial charge < -0.3 is 15.0 Å². The Balaban J connectivity index is 1.48. The standard InChI is InChI=1S/C29H33Cl2N3O4S/c1-34(2)15-16-38-22-11-13-24-21(17-22)9-6-10-27(24)32-29(35)19-28(20-7-4-3-5-8-20)33-39(36,37)23-12-14-25(30)26(31)18-23/h3-5,7-8,11-14,17-18,27-28,33H,6,9-10,15-16,19H2,1-2H3,(H,32,35)/t27-,28+/m0/s1. The molecule has 0 aliphatic heterocycles. The summed E-state index contributed by atoms with van der Waals surface area (Å²) >= 11 is 12.0. The fourth-order valence-corrected chi connectivity index (χ4v) is 6.24. The number of fused-ring (bicyclic) bond motifs is 1. The number of aryl methyl sites for hydroxylation is 1. The van der Waals surface area contributed by atoms with Crippen LogP contribution in [0.1, 0.15) is 48.0 Å². The monoisotopic (exact) mass is 589 g/mol. The number of likely N-dealkylation sites (N-methyl/N-ethyl adjacent to an activating group) is 1. The van der Waals surface area contributed by atoms with Crippen molar-refractivity contribution in [2.24, 2.45) is 0 Å². The van der Waals surface area contributed by atoms with Crippen LogP contribution in [-0.2, 0) is 21.2 Å². The van der Waals surface area contributed by atoms with Crippen molar-refractivity contribution in [3.8, 4) is 5.75 Å². The van der Waals surface area contributed by atoms with Crippen LogP contribution in [0.2, 0.25) is 10.0 Å². The van der Waals surface area contributed by atoms with Gasteiger partial charge in [-0.1, -0.05) is 59.6 Å². The van der Waals surface area contributed by atoms with Crippen LogP contribution in [0, 0.1) is 0 Å². The quantitative estimate of drug-likeness (QED) is 0.307. The molecule has 0 aromatic heterocycles. The number of hydrogen-bond acceptors (Lipinski definition) is 5. The normalized spacial score (nSPS) is 16.0. The van der Waals surface area contributed by atoms with Gasteiger partial charge in [0.2, 0.25) is 15.9 Å².